The minimum absolute atomic E-state index is 0.249. The lowest BCUT2D eigenvalue weighted by atomic mass is 10.2. The summed E-state index contributed by atoms with van der Waals surface area (Å²) in [6.07, 6.45) is 0. The van der Waals surface area contributed by atoms with Gasteiger partial charge >= 0.3 is 0 Å². The molecule has 2 aromatic rings. The van der Waals surface area contributed by atoms with Crippen LogP contribution in [0.1, 0.15) is 5.56 Å². The van der Waals surface area contributed by atoms with Crippen molar-refractivity contribution < 1.29 is 9.13 Å². The highest BCUT2D eigenvalue weighted by Gasteiger charge is 2.10. The fourth-order valence-corrected chi connectivity index (χ4v) is 3.36. The second kappa shape index (κ2) is 6.24. The molecule has 0 saturated carbocycles. The molecule has 100 valence electrons. The number of rotatable bonds is 3. The number of hydrogen-bond acceptors (Lipinski definition) is 2. The van der Waals surface area contributed by atoms with Crippen molar-refractivity contribution in [1.82, 2.24) is 0 Å². The fraction of sp³-hybridized carbons (Fsp3) is 0.0769. The van der Waals surface area contributed by atoms with Crippen LogP contribution in [0, 0.1) is 5.82 Å². The molecule has 0 unspecified atom stereocenters. The van der Waals surface area contributed by atoms with Gasteiger partial charge in [0.1, 0.15) is 18.2 Å². The smallest absolute Gasteiger partial charge is 0.148 e. The molecular formula is C13H9Br3FNO. The van der Waals surface area contributed by atoms with Gasteiger partial charge in [-0.2, -0.15) is 0 Å². The van der Waals surface area contributed by atoms with E-state index in [4.69, 9.17) is 10.5 Å². The molecule has 0 amide bonds. The zero-order chi connectivity index (χ0) is 14.0. The third-order valence-corrected chi connectivity index (χ3v) is 4.49. The first kappa shape index (κ1) is 14.8. The van der Waals surface area contributed by atoms with Crippen LogP contribution >= 0.6 is 47.8 Å². The Kier molecular flexibility index (Phi) is 4.86. The number of nitrogens with two attached hydrogens (primary N) is 1. The summed E-state index contributed by atoms with van der Waals surface area (Å²) in [5.41, 5.74) is 7.06. The Morgan fingerprint density at radius 3 is 2.37 bits per heavy atom. The van der Waals surface area contributed by atoms with Crippen LogP contribution < -0.4 is 10.5 Å². The third kappa shape index (κ3) is 3.49. The lowest BCUT2D eigenvalue weighted by molar-refractivity contribution is 0.301. The highest BCUT2D eigenvalue weighted by atomic mass is 79.9. The van der Waals surface area contributed by atoms with E-state index in [1.54, 1.807) is 24.3 Å². The SMILES string of the molecule is Nc1cc(Br)c(OCc2cccc(F)c2Br)c(Br)c1. The van der Waals surface area contributed by atoms with E-state index in [0.717, 1.165) is 14.5 Å². The van der Waals surface area contributed by atoms with Crippen LogP contribution in [-0.4, -0.2) is 0 Å². The average Bonchev–Trinajstić information content (AvgIpc) is 2.33. The molecule has 6 heteroatoms. The monoisotopic (exact) mass is 451 g/mol. The lowest BCUT2D eigenvalue weighted by Crippen LogP contribution is -1.99. The predicted molar refractivity (Wildman–Crippen MR) is 84.7 cm³/mol. The highest BCUT2D eigenvalue weighted by Crippen LogP contribution is 2.36. The summed E-state index contributed by atoms with van der Waals surface area (Å²) in [7, 11) is 0. The zero-order valence-corrected chi connectivity index (χ0v) is 14.3. The summed E-state index contributed by atoms with van der Waals surface area (Å²) in [6.45, 7) is 0.249. The lowest BCUT2D eigenvalue weighted by Gasteiger charge is -2.12. The molecule has 0 fully saturated rings. The summed E-state index contributed by atoms with van der Waals surface area (Å²) in [4.78, 5) is 0. The normalized spacial score (nSPS) is 10.5. The minimum atomic E-state index is -0.309. The van der Waals surface area contributed by atoms with Crippen LogP contribution in [0.2, 0.25) is 0 Å². The average molecular weight is 454 g/mol. The first-order valence-electron chi connectivity index (χ1n) is 5.29. The van der Waals surface area contributed by atoms with Crippen LogP contribution in [0.25, 0.3) is 0 Å². The number of anilines is 1. The molecule has 0 spiro atoms. The van der Waals surface area contributed by atoms with Crippen molar-refractivity contribution >= 4 is 53.5 Å². The molecule has 0 bridgehead atoms. The highest BCUT2D eigenvalue weighted by molar-refractivity contribution is 9.11. The Bertz CT molecular complexity index is 596. The number of nitrogen functional groups attached to an aromatic ring is 1. The van der Waals surface area contributed by atoms with Crippen LogP contribution in [0.5, 0.6) is 5.75 Å². The molecule has 2 N–H and O–H groups in total. The molecule has 0 aliphatic heterocycles. The first-order valence-corrected chi connectivity index (χ1v) is 7.67. The number of hydrogen-bond donors (Lipinski definition) is 1. The van der Waals surface area contributed by atoms with Crippen molar-refractivity contribution in [2.75, 3.05) is 5.73 Å². The molecule has 19 heavy (non-hydrogen) atoms. The van der Waals surface area contributed by atoms with E-state index in [2.05, 4.69) is 47.8 Å². The van der Waals surface area contributed by atoms with Gasteiger partial charge in [0, 0.05) is 11.3 Å². The van der Waals surface area contributed by atoms with E-state index in [9.17, 15) is 4.39 Å². The summed E-state index contributed by atoms with van der Waals surface area (Å²) in [5, 5.41) is 0. The predicted octanol–water partition coefficient (Wildman–Crippen LogP) is 5.27. The van der Waals surface area contributed by atoms with E-state index < -0.39 is 0 Å². The maximum absolute atomic E-state index is 13.4. The first-order chi connectivity index (χ1) is 8.99. The van der Waals surface area contributed by atoms with Gasteiger partial charge in [-0.15, -0.1) is 0 Å². The van der Waals surface area contributed by atoms with Crippen LogP contribution in [-0.2, 0) is 6.61 Å². The second-order valence-corrected chi connectivity index (χ2v) is 6.32. The molecule has 0 atom stereocenters. The molecular weight excluding hydrogens is 445 g/mol. The van der Waals surface area contributed by atoms with Crippen LogP contribution in [0.3, 0.4) is 0 Å². The maximum Gasteiger partial charge on any atom is 0.148 e. The van der Waals surface area contributed by atoms with Crippen molar-refractivity contribution in [3.63, 3.8) is 0 Å². The molecule has 2 nitrogen and oxygen atoms in total. The van der Waals surface area contributed by atoms with Crippen molar-refractivity contribution in [1.29, 1.82) is 0 Å². The topological polar surface area (TPSA) is 35.2 Å². The van der Waals surface area contributed by atoms with Crippen molar-refractivity contribution in [2.24, 2.45) is 0 Å². The van der Waals surface area contributed by atoms with Gasteiger partial charge in [0.15, 0.2) is 0 Å². The van der Waals surface area contributed by atoms with Crippen LogP contribution in [0.4, 0.5) is 10.1 Å². The van der Waals surface area contributed by atoms with Crippen molar-refractivity contribution in [3.05, 3.63) is 55.1 Å². The molecule has 2 aromatic carbocycles. The van der Waals surface area contributed by atoms with Gasteiger partial charge in [-0.1, -0.05) is 12.1 Å². The van der Waals surface area contributed by atoms with E-state index in [1.165, 1.54) is 6.07 Å². The number of halogens is 4. The number of benzene rings is 2. The van der Waals surface area contributed by atoms with Crippen molar-refractivity contribution in [2.45, 2.75) is 6.61 Å². The molecule has 0 heterocycles. The van der Waals surface area contributed by atoms with Gasteiger partial charge in [-0.05, 0) is 66.0 Å². The van der Waals surface area contributed by atoms with E-state index in [1.807, 2.05) is 0 Å². The molecule has 0 radical (unpaired) electrons. The van der Waals surface area contributed by atoms with E-state index >= 15 is 0 Å². The Morgan fingerprint density at radius 2 is 1.74 bits per heavy atom. The third-order valence-electron chi connectivity index (χ3n) is 2.42. The van der Waals surface area contributed by atoms with Gasteiger partial charge in [-0.3, -0.25) is 0 Å². The number of ether oxygens (including phenoxy) is 1. The summed E-state index contributed by atoms with van der Waals surface area (Å²) >= 11 is 9.97. The molecule has 0 aliphatic rings. The second-order valence-electron chi connectivity index (χ2n) is 3.82. The maximum atomic E-state index is 13.4. The van der Waals surface area contributed by atoms with Gasteiger partial charge in [-0.25, -0.2) is 4.39 Å². The largest absolute Gasteiger partial charge is 0.486 e. The Hall–Kier alpha value is -0.590. The molecule has 0 saturated heterocycles. The summed E-state index contributed by atoms with van der Waals surface area (Å²) in [5.74, 6) is 0.321. The van der Waals surface area contributed by atoms with E-state index in [0.29, 0.717) is 15.9 Å². The standard InChI is InChI=1S/C13H9Br3FNO/c14-9-4-8(18)5-10(15)13(9)19-6-7-2-1-3-11(17)12(7)16/h1-5H,6,18H2. The van der Waals surface area contributed by atoms with Crippen LogP contribution in [0.15, 0.2) is 43.7 Å². The Morgan fingerprint density at radius 1 is 1.11 bits per heavy atom. The molecule has 0 aliphatic carbocycles. The zero-order valence-electron chi connectivity index (χ0n) is 9.59. The quantitative estimate of drug-likeness (QED) is 0.642. The molecule has 2 rings (SSSR count). The summed E-state index contributed by atoms with van der Waals surface area (Å²) in [6, 6.07) is 8.34. The van der Waals surface area contributed by atoms with Gasteiger partial charge in [0.05, 0.1) is 13.4 Å². The van der Waals surface area contributed by atoms with Gasteiger partial charge in [0.25, 0.3) is 0 Å². The molecule has 0 aromatic heterocycles. The van der Waals surface area contributed by atoms with E-state index in [-0.39, 0.29) is 12.4 Å². The Balaban J connectivity index is 2.22. The minimum Gasteiger partial charge on any atom is -0.486 e. The van der Waals surface area contributed by atoms with Gasteiger partial charge < -0.3 is 10.5 Å². The Labute approximate surface area is 135 Å². The summed E-state index contributed by atoms with van der Waals surface area (Å²) < 4.78 is 21.0. The van der Waals surface area contributed by atoms with Crippen molar-refractivity contribution in [3.8, 4) is 5.75 Å². The van der Waals surface area contributed by atoms with Gasteiger partial charge in [0.2, 0.25) is 0 Å². The fourth-order valence-electron chi connectivity index (χ4n) is 1.53.